The zero-order valence-corrected chi connectivity index (χ0v) is 11.8. The number of rotatable bonds is 1. The largest absolute Gasteiger partial charge is 0.487 e. The highest BCUT2D eigenvalue weighted by Crippen LogP contribution is 2.43. The summed E-state index contributed by atoms with van der Waals surface area (Å²) in [5, 5.41) is 0. The van der Waals surface area contributed by atoms with E-state index in [0.29, 0.717) is 0 Å². The van der Waals surface area contributed by atoms with Crippen LogP contribution in [0, 0.1) is 0 Å². The molecule has 0 bridgehead atoms. The van der Waals surface area contributed by atoms with E-state index in [1.807, 2.05) is 12.1 Å². The maximum Gasteiger partial charge on any atom is 0.124 e. The Bertz CT molecular complexity index is 448. The fourth-order valence-electron chi connectivity index (χ4n) is 3.51. The lowest BCUT2D eigenvalue weighted by Gasteiger charge is -2.41. The van der Waals surface area contributed by atoms with Gasteiger partial charge in [0.15, 0.2) is 0 Å². The average molecular weight is 260 g/mol. The van der Waals surface area contributed by atoms with Gasteiger partial charge < -0.3 is 15.4 Å². The zero-order valence-electron chi connectivity index (χ0n) is 11.8. The van der Waals surface area contributed by atoms with Crippen molar-refractivity contribution in [3.05, 3.63) is 29.8 Å². The number of nitrogens with zero attached hydrogens (tertiary/aromatic N) is 1. The molecule has 3 heteroatoms. The molecule has 2 aliphatic heterocycles. The maximum atomic E-state index is 6.40. The standard InChI is InChI=1S/C16H24N2O/c1-2-18-10-5-8-16(9-11-18)12-14(17)13-6-3-4-7-15(13)19-16/h3-4,6-7,14H,2,5,8-12,17H2,1H3/t14-,16?/m0/s1. The first-order chi connectivity index (χ1) is 9.22. The number of ether oxygens (including phenoxy) is 1. The van der Waals surface area contributed by atoms with Gasteiger partial charge in [0.1, 0.15) is 11.4 Å². The summed E-state index contributed by atoms with van der Waals surface area (Å²) in [6.07, 6.45) is 4.40. The van der Waals surface area contributed by atoms with Crippen molar-refractivity contribution < 1.29 is 4.74 Å². The molecule has 3 rings (SSSR count). The van der Waals surface area contributed by atoms with E-state index in [0.717, 1.165) is 38.1 Å². The fourth-order valence-corrected chi connectivity index (χ4v) is 3.51. The molecule has 2 heterocycles. The quantitative estimate of drug-likeness (QED) is 0.843. The minimum Gasteiger partial charge on any atom is -0.487 e. The van der Waals surface area contributed by atoms with E-state index < -0.39 is 0 Å². The molecule has 104 valence electrons. The molecule has 3 nitrogen and oxygen atoms in total. The van der Waals surface area contributed by atoms with Crippen LogP contribution in [-0.2, 0) is 0 Å². The van der Waals surface area contributed by atoms with E-state index in [4.69, 9.17) is 10.5 Å². The summed E-state index contributed by atoms with van der Waals surface area (Å²) < 4.78 is 6.40. The van der Waals surface area contributed by atoms with Gasteiger partial charge in [-0.15, -0.1) is 0 Å². The number of hydrogen-bond donors (Lipinski definition) is 1. The van der Waals surface area contributed by atoms with E-state index in [2.05, 4.69) is 24.0 Å². The molecule has 0 aliphatic carbocycles. The smallest absolute Gasteiger partial charge is 0.124 e. The lowest BCUT2D eigenvalue weighted by Crippen LogP contribution is -2.43. The molecule has 0 aromatic heterocycles. The molecule has 2 aliphatic rings. The highest BCUT2D eigenvalue weighted by Gasteiger charge is 2.40. The summed E-state index contributed by atoms with van der Waals surface area (Å²) in [4.78, 5) is 2.52. The van der Waals surface area contributed by atoms with Crippen molar-refractivity contribution in [1.29, 1.82) is 0 Å². The molecule has 1 saturated heterocycles. The van der Waals surface area contributed by atoms with E-state index in [-0.39, 0.29) is 11.6 Å². The normalized spacial score (nSPS) is 31.6. The van der Waals surface area contributed by atoms with Crippen molar-refractivity contribution in [2.45, 2.75) is 44.2 Å². The highest BCUT2D eigenvalue weighted by molar-refractivity contribution is 5.38. The SMILES string of the molecule is CCN1CCCC2(CC1)C[C@H](N)c1ccccc1O2. The van der Waals surface area contributed by atoms with Gasteiger partial charge in [-0.05, 0) is 38.4 Å². The van der Waals surface area contributed by atoms with Gasteiger partial charge in [0.2, 0.25) is 0 Å². The Morgan fingerprint density at radius 1 is 1.32 bits per heavy atom. The molecule has 0 amide bonds. The van der Waals surface area contributed by atoms with Crippen LogP contribution in [0.1, 0.15) is 44.2 Å². The first kappa shape index (κ1) is 12.9. The predicted molar refractivity (Wildman–Crippen MR) is 77.3 cm³/mol. The summed E-state index contributed by atoms with van der Waals surface area (Å²) in [7, 11) is 0. The Labute approximate surface area is 115 Å². The lowest BCUT2D eigenvalue weighted by molar-refractivity contribution is 0.0219. The van der Waals surface area contributed by atoms with Crippen molar-refractivity contribution >= 4 is 0 Å². The molecule has 1 spiro atoms. The predicted octanol–water partition coefficient (Wildman–Crippen LogP) is 2.71. The van der Waals surface area contributed by atoms with Gasteiger partial charge in [0, 0.05) is 24.6 Å². The minimum absolute atomic E-state index is 0.0301. The number of benzene rings is 1. The van der Waals surface area contributed by atoms with E-state index in [1.54, 1.807) is 0 Å². The highest BCUT2D eigenvalue weighted by atomic mass is 16.5. The van der Waals surface area contributed by atoms with Crippen LogP contribution in [0.3, 0.4) is 0 Å². The number of likely N-dealkylation sites (tertiary alicyclic amines) is 1. The first-order valence-corrected chi connectivity index (χ1v) is 7.48. The van der Waals surface area contributed by atoms with Crippen molar-refractivity contribution in [3.63, 3.8) is 0 Å². The summed E-state index contributed by atoms with van der Waals surface area (Å²) in [6, 6.07) is 8.38. The van der Waals surface area contributed by atoms with Crippen LogP contribution in [0.5, 0.6) is 5.75 Å². The molecule has 0 radical (unpaired) electrons. The third-order valence-corrected chi connectivity index (χ3v) is 4.67. The lowest BCUT2D eigenvalue weighted by atomic mass is 9.82. The van der Waals surface area contributed by atoms with Gasteiger partial charge in [-0.25, -0.2) is 0 Å². The van der Waals surface area contributed by atoms with Gasteiger partial charge in [-0.1, -0.05) is 25.1 Å². The van der Waals surface area contributed by atoms with Crippen LogP contribution < -0.4 is 10.5 Å². The fraction of sp³-hybridized carbons (Fsp3) is 0.625. The van der Waals surface area contributed by atoms with Crippen LogP contribution in [0.4, 0.5) is 0 Å². The second kappa shape index (κ2) is 5.14. The first-order valence-electron chi connectivity index (χ1n) is 7.48. The summed E-state index contributed by atoms with van der Waals surface area (Å²) in [6.45, 7) is 5.70. The van der Waals surface area contributed by atoms with Crippen LogP contribution in [0.2, 0.25) is 0 Å². The van der Waals surface area contributed by atoms with Crippen LogP contribution in [-0.4, -0.2) is 30.1 Å². The molecule has 1 fully saturated rings. The molecule has 1 aromatic rings. The number of hydrogen-bond acceptors (Lipinski definition) is 3. The van der Waals surface area contributed by atoms with Gasteiger partial charge >= 0.3 is 0 Å². The Morgan fingerprint density at radius 3 is 3.00 bits per heavy atom. The number of fused-ring (bicyclic) bond motifs is 1. The van der Waals surface area contributed by atoms with Crippen molar-refractivity contribution in [3.8, 4) is 5.75 Å². The van der Waals surface area contributed by atoms with Gasteiger partial charge in [-0.2, -0.15) is 0 Å². The molecule has 1 aromatic carbocycles. The number of nitrogens with two attached hydrogens (primary N) is 1. The second-order valence-electron chi connectivity index (χ2n) is 5.92. The zero-order chi connectivity index (χ0) is 13.3. The molecule has 19 heavy (non-hydrogen) atoms. The molecular formula is C16H24N2O. The number of para-hydroxylation sites is 1. The topological polar surface area (TPSA) is 38.5 Å². The Hall–Kier alpha value is -1.06. The van der Waals surface area contributed by atoms with Crippen LogP contribution in [0.25, 0.3) is 0 Å². The molecule has 2 N–H and O–H groups in total. The Kier molecular flexibility index (Phi) is 3.50. The Morgan fingerprint density at radius 2 is 2.16 bits per heavy atom. The molecule has 2 atom stereocenters. The second-order valence-corrected chi connectivity index (χ2v) is 5.92. The Balaban J connectivity index is 1.83. The van der Waals surface area contributed by atoms with Crippen LogP contribution >= 0.6 is 0 Å². The minimum atomic E-state index is -0.0301. The molecular weight excluding hydrogens is 236 g/mol. The van der Waals surface area contributed by atoms with Crippen molar-refractivity contribution in [2.75, 3.05) is 19.6 Å². The summed E-state index contributed by atoms with van der Waals surface area (Å²) in [5.41, 5.74) is 7.52. The summed E-state index contributed by atoms with van der Waals surface area (Å²) >= 11 is 0. The van der Waals surface area contributed by atoms with Gasteiger partial charge in [0.05, 0.1) is 0 Å². The van der Waals surface area contributed by atoms with Crippen molar-refractivity contribution in [2.24, 2.45) is 5.73 Å². The third-order valence-electron chi connectivity index (χ3n) is 4.67. The van der Waals surface area contributed by atoms with E-state index in [1.165, 1.54) is 18.5 Å². The van der Waals surface area contributed by atoms with E-state index >= 15 is 0 Å². The summed E-state index contributed by atoms with van der Waals surface area (Å²) in [5.74, 6) is 1.01. The third kappa shape index (κ3) is 2.49. The van der Waals surface area contributed by atoms with Gasteiger partial charge in [0.25, 0.3) is 0 Å². The van der Waals surface area contributed by atoms with Crippen molar-refractivity contribution in [1.82, 2.24) is 4.90 Å². The molecule has 0 saturated carbocycles. The average Bonchev–Trinajstić information content (AvgIpc) is 2.61. The van der Waals surface area contributed by atoms with Gasteiger partial charge in [-0.3, -0.25) is 0 Å². The van der Waals surface area contributed by atoms with E-state index in [9.17, 15) is 0 Å². The monoisotopic (exact) mass is 260 g/mol. The molecule has 1 unspecified atom stereocenters. The van der Waals surface area contributed by atoms with Crippen LogP contribution in [0.15, 0.2) is 24.3 Å². The maximum absolute atomic E-state index is 6.40.